The Bertz CT molecular complexity index is 1950. The van der Waals surface area contributed by atoms with Gasteiger partial charge >= 0.3 is 12.4 Å². The fourth-order valence-electron chi connectivity index (χ4n) is 4.91. The summed E-state index contributed by atoms with van der Waals surface area (Å²) >= 11 is 0. The van der Waals surface area contributed by atoms with Gasteiger partial charge in [0.25, 0.3) is 0 Å². The molecule has 0 atom stereocenters. The lowest BCUT2D eigenvalue weighted by Gasteiger charge is -2.13. The number of fused-ring (bicyclic) bond motifs is 3. The van der Waals surface area contributed by atoms with E-state index in [1.54, 1.807) is 12.1 Å². The molecule has 42 heavy (non-hydrogen) atoms. The Balaban J connectivity index is 1.79. The van der Waals surface area contributed by atoms with Gasteiger partial charge in [0.1, 0.15) is 29.3 Å². The number of nitriles is 3. The first-order chi connectivity index (χ1) is 19.8. The molecule has 0 saturated carbocycles. The molecule has 0 saturated heterocycles. The maximum atomic E-state index is 14.0. The Morgan fingerprint density at radius 1 is 0.524 bits per heavy atom. The van der Waals surface area contributed by atoms with Crippen molar-refractivity contribution in [1.82, 2.24) is 0 Å². The molecule has 3 nitrogen and oxygen atoms in total. The summed E-state index contributed by atoms with van der Waals surface area (Å²) in [5.41, 5.74) is -2.30. The molecular weight excluding hydrogens is 566 g/mol. The highest BCUT2D eigenvalue weighted by Crippen LogP contribution is 2.49. The highest BCUT2D eigenvalue weighted by Gasteiger charge is 2.36. The summed E-state index contributed by atoms with van der Waals surface area (Å²) in [6.45, 7) is 0. The zero-order chi connectivity index (χ0) is 30.6. The van der Waals surface area contributed by atoms with E-state index in [1.807, 2.05) is 6.07 Å². The number of rotatable bonds is 2. The van der Waals surface area contributed by atoms with Crippen molar-refractivity contribution < 1.29 is 35.1 Å². The van der Waals surface area contributed by atoms with Gasteiger partial charge in [-0.25, -0.2) is 8.78 Å². The van der Waals surface area contributed by atoms with Crippen molar-refractivity contribution in [3.05, 3.63) is 112 Å². The SMILES string of the molecule is N#CC(C#N)=C1c2ccc(-c3ccc(F)c(C(F)(F)F)c3)cc2-c2cc(-c3ccc(F)c(C(F)(F)F)c3)c(C#N)cc21. The molecule has 0 fully saturated rings. The average molecular weight is 577 g/mol. The molecule has 4 aromatic carbocycles. The Morgan fingerprint density at radius 2 is 1.02 bits per heavy atom. The van der Waals surface area contributed by atoms with E-state index in [0.29, 0.717) is 35.4 Å². The number of nitrogens with zero attached hydrogens (tertiary/aromatic N) is 3. The summed E-state index contributed by atoms with van der Waals surface area (Å²) in [7, 11) is 0. The van der Waals surface area contributed by atoms with Gasteiger partial charge in [0.2, 0.25) is 0 Å². The molecule has 1 aliphatic rings. The first-order valence-electron chi connectivity index (χ1n) is 11.8. The van der Waals surface area contributed by atoms with Gasteiger partial charge in [-0.15, -0.1) is 0 Å². The van der Waals surface area contributed by atoms with Crippen LogP contribution in [-0.2, 0) is 12.4 Å². The van der Waals surface area contributed by atoms with Crippen molar-refractivity contribution in [2.45, 2.75) is 12.4 Å². The van der Waals surface area contributed by atoms with Crippen LogP contribution < -0.4 is 0 Å². The van der Waals surface area contributed by atoms with Gasteiger partial charge in [-0.3, -0.25) is 0 Å². The molecule has 0 bridgehead atoms. The molecule has 0 amide bonds. The molecule has 0 unspecified atom stereocenters. The summed E-state index contributed by atoms with van der Waals surface area (Å²) in [6, 6.07) is 17.0. The first-order valence-corrected chi connectivity index (χ1v) is 11.8. The minimum atomic E-state index is -5.03. The van der Waals surface area contributed by atoms with Crippen LogP contribution in [0.2, 0.25) is 0 Å². The van der Waals surface area contributed by atoms with E-state index in [0.717, 1.165) is 12.1 Å². The van der Waals surface area contributed by atoms with Gasteiger partial charge < -0.3 is 0 Å². The quantitative estimate of drug-likeness (QED) is 0.155. The molecule has 0 spiro atoms. The Kier molecular flexibility index (Phi) is 6.59. The van der Waals surface area contributed by atoms with Crippen LogP contribution in [0.4, 0.5) is 35.1 Å². The third kappa shape index (κ3) is 4.63. The zero-order valence-electron chi connectivity index (χ0n) is 20.7. The number of allylic oxidation sites excluding steroid dienone is 1. The summed E-state index contributed by atoms with van der Waals surface area (Å²) in [6.07, 6.45) is -10.00. The summed E-state index contributed by atoms with van der Waals surface area (Å²) in [5, 5.41) is 29.1. The summed E-state index contributed by atoms with van der Waals surface area (Å²) in [5.74, 6) is -2.99. The van der Waals surface area contributed by atoms with E-state index >= 15 is 0 Å². The van der Waals surface area contributed by atoms with Crippen molar-refractivity contribution in [3.8, 4) is 51.6 Å². The van der Waals surface area contributed by atoms with Crippen molar-refractivity contribution in [2.24, 2.45) is 0 Å². The number of hydrogen-bond acceptors (Lipinski definition) is 3. The molecule has 11 heteroatoms. The Morgan fingerprint density at radius 3 is 1.57 bits per heavy atom. The molecule has 0 aromatic heterocycles. The second kappa shape index (κ2) is 9.87. The lowest BCUT2D eigenvalue weighted by Crippen LogP contribution is -2.08. The maximum Gasteiger partial charge on any atom is 0.419 e. The van der Waals surface area contributed by atoms with Crippen molar-refractivity contribution >= 4 is 5.57 Å². The number of hydrogen-bond donors (Lipinski definition) is 0. The average Bonchev–Trinajstić information content (AvgIpc) is 3.25. The van der Waals surface area contributed by atoms with Gasteiger partial charge in [-0.05, 0) is 81.4 Å². The van der Waals surface area contributed by atoms with Gasteiger partial charge in [-0.1, -0.05) is 24.3 Å². The van der Waals surface area contributed by atoms with Crippen molar-refractivity contribution in [1.29, 1.82) is 15.8 Å². The van der Waals surface area contributed by atoms with Gasteiger partial charge in [0.05, 0.1) is 22.8 Å². The number of halogens is 8. The fourth-order valence-corrected chi connectivity index (χ4v) is 4.91. The number of benzene rings is 4. The minimum Gasteiger partial charge on any atom is -0.206 e. The Labute approximate surface area is 232 Å². The predicted molar refractivity (Wildman–Crippen MR) is 135 cm³/mol. The highest BCUT2D eigenvalue weighted by atomic mass is 19.4. The van der Waals surface area contributed by atoms with E-state index < -0.39 is 35.1 Å². The van der Waals surface area contributed by atoms with Crippen molar-refractivity contribution in [2.75, 3.05) is 0 Å². The van der Waals surface area contributed by atoms with E-state index in [4.69, 9.17) is 0 Å². The summed E-state index contributed by atoms with van der Waals surface area (Å²) in [4.78, 5) is 0. The van der Waals surface area contributed by atoms with Crippen LogP contribution >= 0.6 is 0 Å². The van der Waals surface area contributed by atoms with E-state index in [-0.39, 0.29) is 50.1 Å². The van der Waals surface area contributed by atoms with Crippen LogP contribution in [0.1, 0.15) is 27.8 Å². The van der Waals surface area contributed by atoms with Crippen LogP contribution in [0.15, 0.2) is 72.3 Å². The maximum absolute atomic E-state index is 14.0. The normalized spacial score (nSPS) is 12.2. The molecule has 0 radical (unpaired) electrons. The number of alkyl halides is 6. The molecule has 5 rings (SSSR count). The minimum absolute atomic E-state index is 0.00600. The predicted octanol–water partition coefficient (Wildman–Crippen LogP) is 9.04. The van der Waals surface area contributed by atoms with E-state index in [1.165, 1.54) is 30.3 Å². The van der Waals surface area contributed by atoms with Gasteiger partial charge in [0, 0.05) is 11.1 Å². The second-order valence-electron chi connectivity index (χ2n) is 9.17. The third-order valence-corrected chi connectivity index (χ3v) is 6.79. The van der Waals surface area contributed by atoms with Crippen LogP contribution in [0.25, 0.3) is 39.0 Å². The van der Waals surface area contributed by atoms with E-state index in [9.17, 15) is 50.9 Å². The zero-order valence-corrected chi connectivity index (χ0v) is 20.7. The largest absolute Gasteiger partial charge is 0.419 e. The van der Waals surface area contributed by atoms with Crippen LogP contribution in [-0.4, -0.2) is 0 Å². The molecule has 1 aliphatic carbocycles. The molecule has 0 heterocycles. The smallest absolute Gasteiger partial charge is 0.206 e. The molecular formula is C31H11F8N3. The van der Waals surface area contributed by atoms with Crippen LogP contribution in [0, 0.1) is 45.6 Å². The van der Waals surface area contributed by atoms with Crippen LogP contribution in [0.3, 0.4) is 0 Å². The standard InChI is InChI=1S/C31H11F8N3/c32-27-5-2-16(9-25(27)30(34,35)36)15-1-4-20-22(7-15)23-11-21(17-3-6-28(33)26(10-17)31(37,38)39)18(12-40)8-24(23)29(20)19(13-41)14-42/h1-11H. The highest BCUT2D eigenvalue weighted by molar-refractivity contribution is 6.06. The molecule has 0 N–H and O–H groups in total. The van der Waals surface area contributed by atoms with Crippen molar-refractivity contribution in [3.63, 3.8) is 0 Å². The summed E-state index contributed by atoms with van der Waals surface area (Å²) < 4.78 is 108. The van der Waals surface area contributed by atoms with Gasteiger partial charge in [-0.2, -0.15) is 42.1 Å². The Hall–Kier alpha value is -5.47. The monoisotopic (exact) mass is 577 g/mol. The third-order valence-electron chi connectivity index (χ3n) is 6.79. The van der Waals surface area contributed by atoms with Gasteiger partial charge in [0.15, 0.2) is 0 Å². The molecule has 206 valence electrons. The second-order valence-corrected chi connectivity index (χ2v) is 9.17. The fraction of sp³-hybridized carbons (Fsp3) is 0.0645. The lowest BCUT2D eigenvalue weighted by atomic mass is 9.91. The topological polar surface area (TPSA) is 71.4 Å². The van der Waals surface area contributed by atoms with Crippen LogP contribution in [0.5, 0.6) is 0 Å². The molecule has 4 aromatic rings. The molecule has 0 aliphatic heterocycles. The first kappa shape index (κ1) is 28.1. The lowest BCUT2D eigenvalue weighted by molar-refractivity contribution is -0.140. The van der Waals surface area contributed by atoms with E-state index in [2.05, 4.69) is 0 Å².